The fraction of sp³-hybridized carbons (Fsp3) is 1.00. The van der Waals surface area contributed by atoms with Crippen molar-refractivity contribution < 1.29 is 0 Å². The molecule has 0 spiro atoms. The molecule has 19 heavy (non-hydrogen) atoms. The zero-order valence-electron chi connectivity index (χ0n) is 12.8. The van der Waals surface area contributed by atoms with Gasteiger partial charge in [0.15, 0.2) is 0 Å². The van der Waals surface area contributed by atoms with Gasteiger partial charge in [0.25, 0.3) is 0 Å². The first kappa shape index (κ1) is 13.8. The van der Waals surface area contributed by atoms with Crippen molar-refractivity contribution >= 4 is 0 Å². The largest absolute Gasteiger partial charge is 0.329 e. The number of fused-ring (bicyclic) bond motifs is 1. The lowest BCUT2D eigenvalue weighted by Crippen LogP contribution is -2.68. The molecule has 2 aliphatic heterocycles. The van der Waals surface area contributed by atoms with E-state index >= 15 is 0 Å². The van der Waals surface area contributed by atoms with Crippen molar-refractivity contribution in [3.63, 3.8) is 0 Å². The number of rotatable bonds is 3. The Bertz CT molecular complexity index is 309. The van der Waals surface area contributed by atoms with Gasteiger partial charge in [0.05, 0.1) is 0 Å². The summed E-state index contributed by atoms with van der Waals surface area (Å²) in [7, 11) is 0. The molecule has 2 N–H and O–H groups in total. The summed E-state index contributed by atoms with van der Waals surface area (Å²) in [5.41, 5.74) is 6.53. The fourth-order valence-corrected chi connectivity index (χ4v) is 4.53. The summed E-state index contributed by atoms with van der Waals surface area (Å²) in [6.07, 6.45) is 6.93. The van der Waals surface area contributed by atoms with E-state index in [1.807, 2.05) is 0 Å². The molecule has 0 aromatic heterocycles. The summed E-state index contributed by atoms with van der Waals surface area (Å²) < 4.78 is 0. The number of hydrogen-bond donors (Lipinski definition) is 1. The molecule has 0 aromatic carbocycles. The van der Waals surface area contributed by atoms with E-state index in [9.17, 15) is 0 Å². The monoisotopic (exact) mass is 265 g/mol. The van der Waals surface area contributed by atoms with E-state index in [1.54, 1.807) is 0 Å². The normalized spacial score (nSPS) is 41.1. The highest BCUT2D eigenvalue weighted by Crippen LogP contribution is 2.46. The number of piperazine rings is 1. The second-order valence-electron chi connectivity index (χ2n) is 7.47. The number of piperidine rings is 1. The summed E-state index contributed by atoms with van der Waals surface area (Å²) in [4.78, 5) is 5.49. The van der Waals surface area contributed by atoms with Crippen LogP contribution in [0.5, 0.6) is 0 Å². The molecule has 1 aliphatic carbocycles. The first-order valence-corrected chi connectivity index (χ1v) is 8.34. The highest BCUT2D eigenvalue weighted by molar-refractivity contribution is 5.06. The molecule has 1 unspecified atom stereocenters. The number of nitrogens with two attached hydrogens (primary N) is 1. The number of nitrogens with zero attached hydrogens (tertiary/aromatic N) is 2. The molecule has 2 saturated heterocycles. The Kier molecular flexibility index (Phi) is 3.89. The van der Waals surface area contributed by atoms with Crippen LogP contribution in [0.15, 0.2) is 0 Å². The molecule has 1 saturated carbocycles. The van der Waals surface area contributed by atoms with E-state index < -0.39 is 0 Å². The predicted octanol–water partition coefficient (Wildman–Crippen LogP) is 1.92. The molecule has 3 nitrogen and oxygen atoms in total. The molecule has 3 heteroatoms. The minimum atomic E-state index is 0.360. The standard InChI is InChI=1S/C16H31N3/c1-13(2)14-9-16(10-14,12-17)19-8-7-18-6-4-3-5-15(18)11-19/h13-15H,3-12,17H2,1-2H3. The van der Waals surface area contributed by atoms with Crippen LogP contribution in [0, 0.1) is 11.8 Å². The van der Waals surface area contributed by atoms with E-state index in [-0.39, 0.29) is 0 Å². The zero-order chi connectivity index (χ0) is 13.5. The average molecular weight is 265 g/mol. The van der Waals surface area contributed by atoms with Gasteiger partial charge in [0.2, 0.25) is 0 Å². The van der Waals surface area contributed by atoms with Gasteiger partial charge in [-0.3, -0.25) is 9.80 Å². The topological polar surface area (TPSA) is 32.5 Å². The van der Waals surface area contributed by atoms with Crippen LogP contribution in [-0.4, -0.2) is 54.1 Å². The highest BCUT2D eigenvalue weighted by atomic mass is 15.3. The molecule has 0 radical (unpaired) electrons. The van der Waals surface area contributed by atoms with Crippen LogP contribution in [0.3, 0.4) is 0 Å². The SMILES string of the molecule is CC(C)C1CC(CN)(N2CCN3CCCCC3C2)C1. The Morgan fingerprint density at radius 3 is 2.63 bits per heavy atom. The van der Waals surface area contributed by atoms with Crippen LogP contribution >= 0.6 is 0 Å². The third kappa shape index (κ3) is 2.45. The molecule has 3 fully saturated rings. The Balaban J connectivity index is 1.62. The Hall–Kier alpha value is -0.120. The van der Waals surface area contributed by atoms with Crippen LogP contribution in [0.1, 0.15) is 46.0 Å². The fourth-order valence-electron chi connectivity index (χ4n) is 4.53. The molecule has 110 valence electrons. The average Bonchev–Trinajstić information content (AvgIpc) is 2.37. The predicted molar refractivity (Wildman–Crippen MR) is 80.1 cm³/mol. The van der Waals surface area contributed by atoms with Crippen molar-refractivity contribution in [2.24, 2.45) is 17.6 Å². The van der Waals surface area contributed by atoms with E-state index in [0.717, 1.165) is 24.4 Å². The second kappa shape index (κ2) is 5.34. The van der Waals surface area contributed by atoms with Crippen molar-refractivity contribution in [3.8, 4) is 0 Å². The number of hydrogen-bond acceptors (Lipinski definition) is 3. The summed E-state index contributed by atoms with van der Waals surface area (Å²) in [6.45, 7) is 10.7. The molecule has 2 heterocycles. The molecule has 3 aliphatic rings. The van der Waals surface area contributed by atoms with Gasteiger partial charge in [0.1, 0.15) is 0 Å². The van der Waals surface area contributed by atoms with Gasteiger partial charge in [-0.15, -0.1) is 0 Å². The van der Waals surface area contributed by atoms with E-state index in [2.05, 4.69) is 23.6 Å². The minimum absolute atomic E-state index is 0.360. The van der Waals surface area contributed by atoms with Crippen molar-refractivity contribution in [1.29, 1.82) is 0 Å². The second-order valence-corrected chi connectivity index (χ2v) is 7.47. The lowest BCUT2D eigenvalue weighted by Gasteiger charge is -2.59. The van der Waals surface area contributed by atoms with Crippen LogP contribution in [0.25, 0.3) is 0 Å². The first-order valence-electron chi connectivity index (χ1n) is 8.34. The van der Waals surface area contributed by atoms with Gasteiger partial charge >= 0.3 is 0 Å². The molecule has 1 atom stereocenters. The maximum Gasteiger partial charge on any atom is 0.0338 e. The van der Waals surface area contributed by atoms with Gasteiger partial charge in [-0.1, -0.05) is 20.3 Å². The van der Waals surface area contributed by atoms with Gasteiger partial charge in [-0.2, -0.15) is 0 Å². The molecular weight excluding hydrogens is 234 g/mol. The van der Waals surface area contributed by atoms with Gasteiger partial charge in [-0.05, 0) is 44.1 Å². The van der Waals surface area contributed by atoms with Crippen LogP contribution < -0.4 is 5.73 Å². The van der Waals surface area contributed by atoms with E-state index in [0.29, 0.717) is 5.54 Å². The Labute approximate surface area is 118 Å². The lowest BCUT2D eigenvalue weighted by molar-refractivity contribution is -0.0778. The maximum absolute atomic E-state index is 6.17. The van der Waals surface area contributed by atoms with Crippen molar-refractivity contribution in [3.05, 3.63) is 0 Å². The molecule has 3 rings (SSSR count). The third-order valence-corrected chi connectivity index (χ3v) is 6.12. The summed E-state index contributed by atoms with van der Waals surface area (Å²) in [5.74, 6) is 1.74. The highest BCUT2D eigenvalue weighted by Gasteiger charge is 2.49. The lowest BCUT2D eigenvalue weighted by atomic mass is 9.63. The molecule has 0 amide bonds. The van der Waals surface area contributed by atoms with Gasteiger partial charge in [-0.25, -0.2) is 0 Å². The first-order chi connectivity index (χ1) is 9.14. The van der Waals surface area contributed by atoms with Gasteiger partial charge in [0, 0.05) is 37.8 Å². The van der Waals surface area contributed by atoms with E-state index in [4.69, 9.17) is 5.73 Å². The smallest absolute Gasteiger partial charge is 0.0338 e. The third-order valence-electron chi connectivity index (χ3n) is 6.12. The molecule has 0 bridgehead atoms. The van der Waals surface area contributed by atoms with Crippen LogP contribution in [0.4, 0.5) is 0 Å². The van der Waals surface area contributed by atoms with Crippen LogP contribution in [0.2, 0.25) is 0 Å². The zero-order valence-corrected chi connectivity index (χ0v) is 12.8. The van der Waals surface area contributed by atoms with E-state index in [1.165, 1.54) is 58.3 Å². The summed E-state index contributed by atoms with van der Waals surface area (Å²) >= 11 is 0. The Morgan fingerprint density at radius 2 is 1.95 bits per heavy atom. The molecular formula is C16H31N3. The summed E-state index contributed by atoms with van der Waals surface area (Å²) in [6, 6.07) is 0.823. The van der Waals surface area contributed by atoms with Crippen LogP contribution in [-0.2, 0) is 0 Å². The van der Waals surface area contributed by atoms with Gasteiger partial charge < -0.3 is 5.73 Å². The quantitative estimate of drug-likeness (QED) is 0.846. The Morgan fingerprint density at radius 1 is 1.16 bits per heavy atom. The van der Waals surface area contributed by atoms with Crippen molar-refractivity contribution in [2.45, 2.75) is 57.5 Å². The minimum Gasteiger partial charge on any atom is -0.329 e. The summed E-state index contributed by atoms with van der Waals surface area (Å²) in [5, 5.41) is 0. The van der Waals surface area contributed by atoms with Crippen molar-refractivity contribution in [2.75, 3.05) is 32.7 Å². The maximum atomic E-state index is 6.17. The molecule has 0 aromatic rings. The van der Waals surface area contributed by atoms with Crippen molar-refractivity contribution in [1.82, 2.24) is 9.80 Å².